The lowest BCUT2D eigenvalue weighted by Crippen LogP contribution is -2.33. The summed E-state index contributed by atoms with van der Waals surface area (Å²) in [6.07, 6.45) is 6.02. The zero-order chi connectivity index (χ0) is 19.1. The topological polar surface area (TPSA) is 73.1 Å². The van der Waals surface area contributed by atoms with Gasteiger partial charge in [0.25, 0.3) is 5.56 Å². The van der Waals surface area contributed by atoms with Gasteiger partial charge in [-0.2, -0.15) is 4.98 Å². The van der Waals surface area contributed by atoms with Crippen LogP contribution in [0.4, 0.5) is 5.95 Å². The van der Waals surface area contributed by atoms with Crippen molar-refractivity contribution in [1.82, 2.24) is 19.5 Å². The van der Waals surface area contributed by atoms with Gasteiger partial charge in [0, 0.05) is 25.4 Å². The number of ether oxygens (including phenoxy) is 1. The molecule has 3 heterocycles. The van der Waals surface area contributed by atoms with Gasteiger partial charge in [-0.05, 0) is 43.7 Å². The van der Waals surface area contributed by atoms with E-state index in [1.165, 1.54) is 12.8 Å². The average molecular weight is 377 g/mol. The van der Waals surface area contributed by atoms with Gasteiger partial charge in [0.05, 0.1) is 24.1 Å². The van der Waals surface area contributed by atoms with Crippen LogP contribution in [0.2, 0.25) is 0 Å². The lowest BCUT2D eigenvalue weighted by molar-refractivity contribution is 0.396. The van der Waals surface area contributed by atoms with Gasteiger partial charge in [0.2, 0.25) is 11.8 Å². The van der Waals surface area contributed by atoms with E-state index >= 15 is 0 Å². The quantitative estimate of drug-likeness (QED) is 0.681. The molecule has 2 aliphatic rings. The van der Waals surface area contributed by atoms with Gasteiger partial charge in [0.15, 0.2) is 0 Å². The van der Waals surface area contributed by atoms with Crippen molar-refractivity contribution >= 4 is 16.9 Å². The fourth-order valence-electron chi connectivity index (χ4n) is 4.03. The van der Waals surface area contributed by atoms with Gasteiger partial charge in [-0.15, -0.1) is 0 Å². The number of nitrogens with zero attached hydrogens (tertiary/aromatic N) is 5. The van der Waals surface area contributed by atoms with Gasteiger partial charge in [-0.25, -0.2) is 9.97 Å². The fourth-order valence-corrected chi connectivity index (χ4v) is 4.03. The summed E-state index contributed by atoms with van der Waals surface area (Å²) in [5.41, 5.74) is 0.818. The molecule has 2 fully saturated rings. The Kier molecular flexibility index (Phi) is 4.22. The number of fused-ring (bicyclic) bond motifs is 1. The second kappa shape index (κ2) is 6.89. The Morgan fingerprint density at radius 3 is 2.82 bits per heavy atom. The van der Waals surface area contributed by atoms with Crippen molar-refractivity contribution in [1.29, 1.82) is 0 Å². The maximum absolute atomic E-state index is 13.3. The number of anilines is 1. The van der Waals surface area contributed by atoms with Crippen LogP contribution in [0.15, 0.2) is 41.3 Å². The number of hydrogen-bond donors (Lipinski definition) is 0. The second-order valence-electron chi connectivity index (χ2n) is 7.60. The Morgan fingerprint density at radius 1 is 1.14 bits per heavy atom. The number of methoxy groups -OCH3 is 1. The molecule has 28 heavy (non-hydrogen) atoms. The van der Waals surface area contributed by atoms with Crippen molar-refractivity contribution in [3.05, 3.63) is 52.7 Å². The third-order valence-electron chi connectivity index (χ3n) is 5.66. The second-order valence-corrected chi connectivity index (χ2v) is 7.60. The molecular weight excluding hydrogens is 354 g/mol. The minimum atomic E-state index is -0.0110. The highest BCUT2D eigenvalue weighted by atomic mass is 16.5. The van der Waals surface area contributed by atoms with Crippen LogP contribution in [0.5, 0.6) is 5.88 Å². The SMILES string of the molecule is COc1ccnc(N2CCCC2c2nc3ccccc3c(=O)n2CC2CC2)n1. The molecule has 0 bridgehead atoms. The molecule has 2 aromatic heterocycles. The lowest BCUT2D eigenvalue weighted by Gasteiger charge is -2.26. The van der Waals surface area contributed by atoms with E-state index in [2.05, 4.69) is 14.9 Å². The van der Waals surface area contributed by atoms with E-state index in [1.807, 2.05) is 28.8 Å². The Hall–Kier alpha value is -2.96. The first-order valence-corrected chi connectivity index (χ1v) is 9.88. The van der Waals surface area contributed by atoms with Gasteiger partial charge >= 0.3 is 0 Å². The van der Waals surface area contributed by atoms with E-state index in [1.54, 1.807) is 19.4 Å². The maximum Gasteiger partial charge on any atom is 0.261 e. The summed E-state index contributed by atoms with van der Waals surface area (Å²) in [7, 11) is 1.60. The molecule has 1 saturated carbocycles. The van der Waals surface area contributed by atoms with Crippen LogP contribution >= 0.6 is 0 Å². The molecule has 5 rings (SSSR count). The Labute approximate surface area is 163 Å². The molecule has 144 valence electrons. The molecule has 7 nitrogen and oxygen atoms in total. The number of benzene rings is 1. The number of hydrogen-bond acceptors (Lipinski definition) is 6. The monoisotopic (exact) mass is 377 g/mol. The first kappa shape index (κ1) is 17.2. The van der Waals surface area contributed by atoms with Gasteiger partial charge in [0.1, 0.15) is 5.82 Å². The Balaban J connectivity index is 1.63. The average Bonchev–Trinajstić information content (AvgIpc) is 3.42. The van der Waals surface area contributed by atoms with E-state index in [9.17, 15) is 4.79 Å². The molecule has 1 aromatic carbocycles. The van der Waals surface area contributed by atoms with Crippen LogP contribution in [0.25, 0.3) is 10.9 Å². The molecule has 7 heteroatoms. The highest BCUT2D eigenvalue weighted by Gasteiger charge is 2.34. The molecule has 0 spiro atoms. The summed E-state index contributed by atoms with van der Waals surface area (Å²) >= 11 is 0. The van der Waals surface area contributed by atoms with E-state index in [4.69, 9.17) is 9.72 Å². The Morgan fingerprint density at radius 2 is 2.00 bits per heavy atom. The van der Waals surface area contributed by atoms with Crippen molar-refractivity contribution in [3.8, 4) is 5.88 Å². The lowest BCUT2D eigenvalue weighted by atomic mass is 10.1. The molecule has 0 N–H and O–H groups in total. The van der Waals surface area contributed by atoms with Crippen LogP contribution in [-0.2, 0) is 6.54 Å². The fraction of sp³-hybridized carbons (Fsp3) is 0.429. The van der Waals surface area contributed by atoms with Gasteiger partial charge in [-0.1, -0.05) is 12.1 Å². The number of rotatable bonds is 5. The van der Waals surface area contributed by atoms with Crippen LogP contribution in [0.3, 0.4) is 0 Å². The maximum atomic E-state index is 13.3. The predicted molar refractivity (Wildman–Crippen MR) is 107 cm³/mol. The van der Waals surface area contributed by atoms with Crippen LogP contribution in [-0.4, -0.2) is 33.2 Å². The summed E-state index contributed by atoms with van der Waals surface area (Å²) < 4.78 is 7.17. The van der Waals surface area contributed by atoms with Crippen molar-refractivity contribution < 1.29 is 4.74 Å². The minimum Gasteiger partial charge on any atom is -0.481 e. The third-order valence-corrected chi connectivity index (χ3v) is 5.66. The highest BCUT2D eigenvalue weighted by Crippen LogP contribution is 2.36. The largest absolute Gasteiger partial charge is 0.481 e. The molecule has 0 amide bonds. The number of aromatic nitrogens is 4. The highest BCUT2D eigenvalue weighted by molar-refractivity contribution is 5.77. The van der Waals surface area contributed by atoms with Crippen LogP contribution < -0.4 is 15.2 Å². The summed E-state index contributed by atoms with van der Waals surface area (Å²) in [6, 6.07) is 9.35. The smallest absolute Gasteiger partial charge is 0.261 e. The zero-order valence-electron chi connectivity index (χ0n) is 15.9. The zero-order valence-corrected chi connectivity index (χ0v) is 15.9. The van der Waals surface area contributed by atoms with Crippen molar-refractivity contribution in [2.45, 2.75) is 38.3 Å². The molecule has 1 aliphatic carbocycles. The predicted octanol–water partition coefficient (Wildman–Crippen LogP) is 2.95. The van der Waals surface area contributed by atoms with Crippen molar-refractivity contribution in [2.24, 2.45) is 5.92 Å². The first-order valence-electron chi connectivity index (χ1n) is 9.88. The van der Waals surface area contributed by atoms with Gasteiger partial charge in [-0.3, -0.25) is 9.36 Å². The van der Waals surface area contributed by atoms with E-state index in [-0.39, 0.29) is 11.6 Å². The van der Waals surface area contributed by atoms with Gasteiger partial charge < -0.3 is 9.64 Å². The summed E-state index contributed by atoms with van der Waals surface area (Å²) in [6.45, 7) is 1.58. The summed E-state index contributed by atoms with van der Waals surface area (Å²) in [5, 5.41) is 0.689. The minimum absolute atomic E-state index is 0.0110. The standard InChI is InChI=1S/C21H23N5O2/c1-28-18-10-11-22-21(24-18)25-12-4-7-17(25)19-23-16-6-3-2-5-15(16)20(27)26(19)13-14-8-9-14/h2-3,5-6,10-11,14,17H,4,7-9,12-13H2,1H3. The number of para-hydroxylation sites is 1. The van der Waals surface area contributed by atoms with E-state index < -0.39 is 0 Å². The van der Waals surface area contributed by atoms with Crippen molar-refractivity contribution in [3.63, 3.8) is 0 Å². The molecular formula is C21H23N5O2. The van der Waals surface area contributed by atoms with E-state index in [0.29, 0.717) is 23.1 Å². The van der Waals surface area contributed by atoms with Crippen molar-refractivity contribution in [2.75, 3.05) is 18.6 Å². The van der Waals surface area contributed by atoms with Crippen LogP contribution in [0, 0.1) is 5.92 Å². The van der Waals surface area contributed by atoms with Crippen LogP contribution in [0.1, 0.15) is 37.5 Å². The molecule has 0 radical (unpaired) electrons. The molecule has 1 saturated heterocycles. The third kappa shape index (κ3) is 3.00. The molecule has 1 aliphatic heterocycles. The molecule has 3 aromatic rings. The van der Waals surface area contributed by atoms with E-state index in [0.717, 1.165) is 37.3 Å². The first-order chi connectivity index (χ1) is 13.7. The summed E-state index contributed by atoms with van der Waals surface area (Å²) in [4.78, 5) is 29.3. The summed E-state index contributed by atoms with van der Waals surface area (Å²) in [5.74, 6) is 2.58. The molecule has 1 unspecified atom stereocenters. The molecule has 1 atom stereocenters. The normalized spacial score (nSPS) is 19.3. The Bertz CT molecular complexity index is 1080.